The number of hydrogen-bond donors (Lipinski definition) is 3. The Hall–Kier alpha value is -5.20. The quantitative estimate of drug-likeness (QED) is 0.279. The topological polar surface area (TPSA) is 151 Å². The molecule has 0 aliphatic rings. The molecule has 11 nitrogen and oxygen atoms in total. The summed E-state index contributed by atoms with van der Waals surface area (Å²) in [5.41, 5.74) is 1.06. The monoisotopic (exact) mass is 520 g/mol. The molecule has 0 radical (unpaired) electrons. The predicted molar refractivity (Wildman–Crippen MR) is 129 cm³/mol. The standard InChI is InChI=1S/C25H18F2N6O5/c1-12(34)15-6-13(2-4-16(15)26)9-29-24(36)20-8-19(31-22-17(27)11-30-33(20)22)23(35)28-10-14-3-5-21-18(7-14)32-25(37)38-21/h2-8,11H,9-10H2,1H3,(H,28,35)(H,29,36)(H,32,37). The normalized spacial score (nSPS) is 11.1. The van der Waals surface area contributed by atoms with Gasteiger partial charge in [0, 0.05) is 19.2 Å². The first-order valence-electron chi connectivity index (χ1n) is 11.2. The molecule has 13 heteroatoms. The number of aromatic nitrogens is 4. The van der Waals surface area contributed by atoms with E-state index in [1.807, 2.05) is 0 Å². The minimum atomic E-state index is -0.840. The van der Waals surface area contributed by atoms with E-state index in [9.17, 15) is 28.0 Å². The Morgan fingerprint density at radius 1 is 0.974 bits per heavy atom. The van der Waals surface area contributed by atoms with Gasteiger partial charge in [-0.2, -0.15) is 5.10 Å². The van der Waals surface area contributed by atoms with Crippen molar-refractivity contribution >= 4 is 34.3 Å². The van der Waals surface area contributed by atoms with Crippen molar-refractivity contribution in [2.75, 3.05) is 0 Å². The zero-order valence-corrected chi connectivity index (χ0v) is 19.7. The summed E-state index contributed by atoms with van der Waals surface area (Å²) in [5, 5.41) is 9.05. The van der Waals surface area contributed by atoms with Crippen LogP contribution in [0, 0.1) is 11.6 Å². The summed E-state index contributed by atoms with van der Waals surface area (Å²) < 4.78 is 34.0. The average Bonchev–Trinajstić information content (AvgIpc) is 3.46. The smallest absolute Gasteiger partial charge is 0.408 e. The van der Waals surface area contributed by atoms with Crippen LogP contribution < -0.4 is 16.4 Å². The number of nitrogens with one attached hydrogen (secondary N) is 3. The minimum Gasteiger partial charge on any atom is -0.408 e. The summed E-state index contributed by atoms with van der Waals surface area (Å²) in [6.07, 6.45) is 0.862. The number of Topliss-reactive ketones (excluding diaryl/α,β-unsaturated/α-hetero) is 1. The van der Waals surface area contributed by atoms with Gasteiger partial charge >= 0.3 is 5.76 Å². The van der Waals surface area contributed by atoms with Crippen LogP contribution >= 0.6 is 0 Å². The lowest BCUT2D eigenvalue weighted by Crippen LogP contribution is -2.28. The van der Waals surface area contributed by atoms with Crippen molar-refractivity contribution in [3.63, 3.8) is 0 Å². The van der Waals surface area contributed by atoms with Crippen molar-refractivity contribution in [2.24, 2.45) is 0 Å². The molecule has 5 aromatic rings. The van der Waals surface area contributed by atoms with E-state index in [1.165, 1.54) is 19.1 Å². The molecule has 192 valence electrons. The zero-order valence-electron chi connectivity index (χ0n) is 19.7. The SMILES string of the molecule is CC(=O)c1cc(CNC(=O)c2cc(C(=O)NCc3ccc4oc(=O)[nH]c4c3)nc3c(F)cnn23)ccc1F. The van der Waals surface area contributed by atoms with Crippen molar-refractivity contribution in [1.29, 1.82) is 0 Å². The third-order valence-electron chi connectivity index (χ3n) is 5.69. The highest BCUT2D eigenvalue weighted by Crippen LogP contribution is 2.15. The third kappa shape index (κ3) is 4.76. The van der Waals surface area contributed by atoms with Gasteiger partial charge in [-0.1, -0.05) is 12.1 Å². The van der Waals surface area contributed by atoms with Gasteiger partial charge in [0.1, 0.15) is 17.2 Å². The number of halogens is 2. The highest BCUT2D eigenvalue weighted by Gasteiger charge is 2.20. The van der Waals surface area contributed by atoms with Gasteiger partial charge in [0.05, 0.1) is 17.3 Å². The Bertz CT molecular complexity index is 1810. The van der Waals surface area contributed by atoms with Crippen molar-refractivity contribution in [3.8, 4) is 0 Å². The number of nitrogens with zero attached hydrogens (tertiary/aromatic N) is 3. The zero-order chi connectivity index (χ0) is 27.0. The number of hydrogen-bond acceptors (Lipinski definition) is 7. The van der Waals surface area contributed by atoms with Gasteiger partial charge in [0.2, 0.25) is 0 Å². The molecule has 38 heavy (non-hydrogen) atoms. The molecule has 2 aromatic carbocycles. The molecule has 0 spiro atoms. The molecular formula is C25H18F2N6O5. The molecule has 2 amide bonds. The molecule has 3 heterocycles. The molecule has 0 saturated heterocycles. The first-order valence-corrected chi connectivity index (χ1v) is 11.2. The number of carbonyl (C=O) groups is 3. The molecule has 5 rings (SSSR count). The van der Waals surface area contributed by atoms with E-state index >= 15 is 0 Å². The van der Waals surface area contributed by atoms with Gasteiger partial charge in [-0.3, -0.25) is 19.4 Å². The molecule has 0 aliphatic heterocycles. The summed E-state index contributed by atoms with van der Waals surface area (Å²) in [6.45, 7) is 1.19. The number of ketones is 1. The Labute approximate surface area is 211 Å². The maximum atomic E-state index is 14.3. The fourth-order valence-electron chi connectivity index (χ4n) is 3.82. The maximum Gasteiger partial charge on any atom is 0.417 e. The second-order valence-electron chi connectivity index (χ2n) is 8.34. The number of fused-ring (bicyclic) bond motifs is 2. The van der Waals surface area contributed by atoms with Crippen molar-refractivity contribution < 1.29 is 27.6 Å². The van der Waals surface area contributed by atoms with Gasteiger partial charge in [0.25, 0.3) is 11.8 Å². The first-order chi connectivity index (χ1) is 18.2. The fraction of sp³-hybridized carbons (Fsp3) is 0.120. The van der Waals surface area contributed by atoms with Gasteiger partial charge in [-0.15, -0.1) is 0 Å². The molecule has 0 atom stereocenters. The number of rotatable bonds is 7. The maximum absolute atomic E-state index is 14.3. The second-order valence-corrected chi connectivity index (χ2v) is 8.34. The largest absolute Gasteiger partial charge is 0.417 e. The number of oxazole rings is 1. The third-order valence-corrected chi connectivity index (χ3v) is 5.69. The van der Waals surface area contributed by atoms with E-state index in [-0.39, 0.29) is 35.7 Å². The number of carbonyl (C=O) groups excluding carboxylic acids is 3. The van der Waals surface area contributed by atoms with E-state index in [2.05, 4.69) is 25.7 Å². The Morgan fingerprint density at radius 3 is 2.45 bits per heavy atom. The molecule has 3 N–H and O–H groups in total. The van der Waals surface area contributed by atoms with Crippen LogP contribution in [0.5, 0.6) is 0 Å². The minimum absolute atomic E-state index is 0.0428. The summed E-state index contributed by atoms with van der Waals surface area (Å²) in [4.78, 5) is 55.3. The van der Waals surface area contributed by atoms with Crippen LogP contribution in [0.1, 0.15) is 49.4 Å². The predicted octanol–water partition coefficient (Wildman–Crippen LogP) is 2.50. The van der Waals surface area contributed by atoms with Crippen LogP contribution in [0.15, 0.2) is 57.9 Å². The lowest BCUT2D eigenvalue weighted by atomic mass is 10.1. The summed E-state index contributed by atoms with van der Waals surface area (Å²) in [5.74, 6) is -3.99. The van der Waals surface area contributed by atoms with Crippen LogP contribution in [0.2, 0.25) is 0 Å². The van der Waals surface area contributed by atoms with Gasteiger partial charge in [-0.25, -0.2) is 23.1 Å². The van der Waals surface area contributed by atoms with Gasteiger partial charge in [-0.05, 0) is 42.3 Å². The Morgan fingerprint density at radius 2 is 1.68 bits per heavy atom. The lowest BCUT2D eigenvalue weighted by Gasteiger charge is -2.10. The summed E-state index contributed by atoms with van der Waals surface area (Å²) in [6, 6.07) is 9.86. The number of amides is 2. The Balaban J connectivity index is 1.36. The second kappa shape index (κ2) is 9.69. The van der Waals surface area contributed by atoms with E-state index in [4.69, 9.17) is 4.42 Å². The van der Waals surface area contributed by atoms with Crippen LogP contribution in [0.4, 0.5) is 8.78 Å². The van der Waals surface area contributed by atoms with Crippen molar-refractivity contribution in [2.45, 2.75) is 20.0 Å². The molecule has 3 aromatic heterocycles. The van der Waals surface area contributed by atoms with Crippen LogP contribution in [0.25, 0.3) is 16.7 Å². The molecule has 0 aliphatic carbocycles. The van der Waals surface area contributed by atoms with E-state index in [0.29, 0.717) is 22.2 Å². The van der Waals surface area contributed by atoms with E-state index in [0.717, 1.165) is 22.8 Å². The highest BCUT2D eigenvalue weighted by molar-refractivity contribution is 5.98. The highest BCUT2D eigenvalue weighted by atomic mass is 19.1. The number of H-pyrrole nitrogens is 1. The number of aromatic amines is 1. The van der Waals surface area contributed by atoms with Gasteiger partial charge < -0.3 is 15.1 Å². The van der Waals surface area contributed by atoms with E-state index in [1.54, 1.807) is 18.2 Å². The molecule has 0 fully saturated rings. The van der Waals surface area contributed by atoms with E-state index < -0.39 is 35.0 Å². The molecule has 0 bridgehead atoms. The fourth-order valence-corrected chi connectivity index (χ4v) is 3.82. The lowest BCUT2D eigenvalue weighted by molar-refractivity contribution is 0.0941. The molecule has 0 unspecified atom stereocenters. The summed E-state index contributed by atoms with van der Waals surface area (Å²) in [7, 11) is 0. The Kier molecular flexibility index (Phi) is 6.24. The molecule has 0 saturated carbocycles. The molecular weight excluding hydrogens is 502 g/mol. The van der Waals surface area contributed by atoms with Crippen LogP contribution in [-0.2, 0) is 13.1 Å². The summed E-state index contributed by atoms with van der Waals surface area (Å²) >= 11 is 0. The van der Waals surface area contributed by atoms with Crippen molar-refractivity contribution in [1.82, 2.24) is 30.2 Å². The average molecular weight is 520 g/mol. The number of benzene rings is 2. The van der Waals surface area contributed by atoms with Gasteiger partial charge in [0.15, 0.2) is 22.8 Å². The first kappa shape index (κ1) is 24.5. The van der Waals surface area contributed by atoms with Crippen LogP contribution in [-0.4, -0.2) is 37.2 Å². The van der Waals surface area contributed by atoms with Crippen molar-refractivity contribution in [3.05, 3.63) is 98.9 Å². The van der Waals surface area contributed by atoms with Crippen LogP contribution in [0.3, 0.4) is 0 Å².